The molecule has 1 aromatic heterocycles. The van der Waals surface area contributed by atoms with Crippen LogP contribution in [0.3, 0.4) is 0 Å². The van der Waals surface area contributed by atoms with Crippen LogP contribution in [0, 0.1) is 0 Å². The molecule has 4 rings (SSSR count). The van der Waals surface area contributed by atoms with Crippen molar-refractivity contribution in [2.45, 2.75) is 55.0 Å². The molecule has 3 amide bonds. The molecule has 1 atom stereocenters. The molecule has 3 aromatic rings. The number of esters is 1. The summed E-state index contributed by atoms with van der Waals surface area (Å²) in [4.78, 5) is 58.1. The zero-order valence-electron chi connectivity index (χ0n) is 25.3. The largest absolute Gasteiger partial charge is 0.465 e. The number of ether oxygens (including phenoxy) is 1. The molecule has 238 valence electrons. The Hall–Kier alpha value is -4.78. The van der Waals surface area contributed by atoms with E-state index in [1.807, 2.05) is 0 Å². The van der Waals surface area contributed by atoms with E-state index in [1.165, 1.54) is 28.0 Å². The summed E-state index contributed by atoms with van der Waals surface area (Å²) < 4.78 is 32.5. The second kappa shape index (κ2) is 13.9. The first-order valence-corrected chi connectivity index (χ1v) is 15.9. The molecule has 13 heteroatoms. The third-order valence-corrected chi connectivity index (χ3v) is 8.74. The van der Waals surface area contributed by atoms with Gasteiger partial charge in [-0.2, -0.15) is 0 Å². The summed E-state index contributed by atoms with van der Waals surface area (Å²) >= 11 is 0. The predicted octanol–water partition coefficient (Wildman–Crippen LogP) is 3.62. The smallest absolute Gasteiger partial charge is 0.407 e. The lowest BCUT2D eigenvalue weighted by Gasteiger charge is -2.35. The molecule has 0 bridgehead atoms. The highest BCUT2D eigenvalue weighted by atomic mass is 32.2. The van der Waals surface area contributed by atoms with E-state index in [1.54, 1.807) is 69.3 Å². The van der Waals surface area contributed by atoms with Gasteiger partial charge in [-0.1, -0.05) is 48.5 Å². The minimum Gasteiger partial charge on any atom is -0.465 e. The number of amides is 3. The van der Waals surface area contributed by atoms with Gasteiger partial charge in [0.1, 0.15) is 17.3 Å². The Morgan fingerprint density at radius 3 is 2.04 bits per heavy atom. The molecule has 1 saturated heterocycles. The zero-order valence-corrected chi connectivity index (χ0v) is 26.1. The highest BCUT2D eigenvalue weighted by Gasteiger charge is 2.32. The number of nitrogens with zero attached hydrogens (tertiary/aromatic N) is 3. The van der Waals surface area contributed by atoms with Crippen LogP contribution in [0.2, 0.25) is 0 Å². The second-order valence-corrected chi connectivity index (χ2v) is 13.5. The van der Waals surface area contributed by atoms with E-state index in [2.05, 4.69) is 10.3 Å². The molecule has 2 aromatic carbocycles. The van der Waals surface area contributed by atoms with Gasteiger partial charge in [0, 0.05) is 38.2 Å². The summed E-state index contributed by atoms with van der Waals surface area (Å²) in [5.74, 6) is -1.89. The summed E-state index contributed by atoms with van der Waals surface area (Å²) in [5.41, 5.74) is -0.184. The first kappa shape index (κ1) is 33.1. The van der Waals surface area contributed by atoms with Gasteiger partial charge in [-0.3, -0.25) is 14.4 Å². The lowest BCUT2D eigenvalue weighted by Crippen LogP contribution is -2.55. The topological polar surface area (TPSA) is 163 Å². The Bertz CT molecular complexity index is 1650. The fourth-order valence-corrected chi connectivity index (χ4v) is 6.07. The van der Waals surface area contributed by atoms with Gasteiger partial charge < -0.3 is 25.0 Å². The molecule has 1 aliphatic rings. The number of aromatic nitrogens is 1. The molecule has 0 aliphatic carbocycles. The number of sulfone groups is 1. The lowest BCUT2D eigenvalue weighted by atomic mass is 10.1. The standard InChI is InChI=1S/C32H36N4O8S/c1-32(2,3)44-28(37)15-14-25(30(39)35-16-18-36(19-17-35)31(40)41)34-29(38)27-21-24(45(42,43)23-12-8-5-9-13-23)20-26(33-27)22-10-6-4-7-11-22/h4-13,20-21,25H,14-19H2,1-3H3,(H,34,38)(H,40,41)/t25-/m0/s1. The number of piperazine rings is 1. The number of hydrogen-bond donors (Lipinski definition) is 2. The maximum atomic E-state index is 13.7. The van der Waals surface area contributed by atoms with Crippen molar-refractivity contribution in [1.82, 2.24) is 20.1 Å². The minimum atomic E-state index is -4.05. The molecule has 1 fully saturated rings. The van der Waals surface area contributed by atoms with E-state index in [-0.39, 0.29) is 60.2 Å². The monoisotopic (exact) mass is 636 g/mol. The van der Waals surface area contributed by atoms with Crippen molar-refractivity contribution < 1.29 is 37.4 Å². The summed E-state index contributed by atoms with van der Waals surface area (Å²) in [7, 11) is -4.05. The van der Waals surface area contributed by atoms with Gasteiger partial charge in [0.05, 0.1) is 15.5 Å². The van der Waals surface area contributed by atoms with Crippen molar-refractivity contribution in [3.63, 3.8) is 0 Å². The average molecular weight is 637 g/mol. The molecule has 1 aliphatic heterocycles. The third kappa shape index (κ3) is 8.66. The normalized spacial score (nSPS) is 14.4. The Labute approximate surface area is 261 Å². The zero-order chi connectivity index (χ0) is 32.8. The number of hydrogen-bond acceptors (Lipinski definition) is 8. The molecule has 45 heavy (non-hydrogen) atoms. The molecular weight excluding hydrogens is 600 g/mol. The molecule has 2 N–H and O–H groups in total. The van der Waals surface area contributed by atoms with Gasteiger partial charge in [0.2, 0.25) is 15.7 Å². The van der Waals surface area contributed by atoms with Gasteiger partial charge in [-0.15, -0.1) is 0 Å². The van der Waals surface area contributed by atoms with Crippen LogP contribution in [-0.2, 0) is 24.2 Å². The second-order valence-electron chi connectivity index (χ2n) is 11.5. The van der Waals surface area contributed by atoms with Gasteiger partial charge in [-0.05, 0) is 51.5 Å². The van der Waals surface area contributed by atoms with Crippen LogP contribution >= 0.6 is 0 Å². The fraction of sp³-hybridized carbons (Fsp3) is 0.344. The molecule has 0 radical (unpaired) electrons. The number of benzene rings is 2. The van der Waals surface area contributed by atoms with Crippen molar-refractivity contribution in [3.05, 3.63) is 78.5 Å². The van der Waals surface area contributed by atoms with E-state index in [9.17, 15) is 32.7 Å². The third-order valence-electron chi connectivity index (χ3n) is 6.99. The summed E-state index contributed by atoms with van der Waals surface area (Å²) in [6.07, 6.45) is -1.39. The quantitative estimate of drug-likeness (QED) is 0.334. The highest BCUT2D eigenvalue weighted by molar-refractivity contribution is 7.91. The van der Waals surface area contributed by atoms with Crippen molar-refractivity contribution >= 4 is 33.7 Å². The van der Waals surface area contributed by atoms with Crippen molar-refractivity contribution in [1.29, 1.82) is 0 Å². The Morgan fingerprint density at radius 1 is 0.889 bits per heavy atom. The molecule has 0 saturated carbocycles. The van der Waals surface area contributed by atoms with Gasteiger partial charge in [-0.25, -0.2) is 18.2 Å². The molecule has 0 spiro atoms. The van der Waals surface area contributed by atoms with E-state index >= 15 is 0 Å². The highest BCUT2D eigenvalue weighted by Crippen LogP contribution is 2.26. The number of carbonyl (C=O) groups is 4. The van der Waals surface area contributed by atoms with Crippen LogP contribution in [0.25, 0.3) is 11.3 Å². The maximum Gasteiger partial charge on any atom is 0.407 e. The van der Waals surface area contributed by atoms with E-state index in [0.29, 0.717) is 5.56 Å². The van der Waals surface area contributed by atoms with E-state index in [4.69, 9.17) is 4.74 Å². The van der Waals surface area contributed by atoms with Gasteiger partial charge in [0.25, 0.3) is 5.91 Å². The molecule has 2 heterocycles. The fourth-order valence-electron chi connectivity index (χ4n) is 4.75. The van der Waals surface area contributed by atoms with E-state index < -0.39 is 45.4 Å². The molecular formula is C32H36N4O8S. The van der Waals surface area contributed by atoms with Crippen LogP contribution in [0.1, 0.15) is 44.1 Å². The summed E-state index contributed by atoms with van der Waals surface area (Å²) in [6.45, 7) is 5.53. The number of carbonyl (C=O) groups excluding carboxylic acids is 3. The Balaban J connectivity index is 1.66. The summed E-state index contributed by atoms with van der Waals surface area (Å²) in [5, 5.41) is 11.9. The first-order chi connectivity index (χ1) is 21.2. The molecule has 0 unspecified atom stereocenters. The lowest BCUT2D eigenvalue weighted by molar-refractivity contribution is -0.155. The number of carboxylic acid groups (broad SMARTS) is 1. The van der Waals surface area contributed by atoms with Gasteiger partial charge >= 0.3 is 12.1 Å². The van der Waals surface area contributed by atoms with Crippen LogP contribution in [0.5, 0.6) is 0 Å². The number of pyridine rings is 1. The van der Waals surface area contributed by atoms with Crippen molar-refractivity contribution in [3.8, 4) is 11.3 Å². The number of rotatable bonds is 9. The van der Waals surface area contributed by atoms with Crippen molar-refractivity contribution in [2.75, 3.05) is 26.2 Å². The number of nitrogens with one attached hydrogen (secondary N) is 1. The summed E-state index contributed by atoms with van der Waals surface area (Å²) in [6, 6.07) is 17.9. The average Bonchev–Trinajstić information content (AvgIpc) is 3.02. The van der Waals surface area contributed by atoms with Crippen LogP contribution in [-0.4, -0.2) is 90.0 Å². The minimum absolute atomic E-state index is 0.0347. The maximum absolute atomic E-state index is 13.7. The predicted molar refractivity (Wildman–Crippen MR) is 164 cm³/mol. The van der Waals surface area contributed by atoms with Crippen molar-refractivity contribution in [2.24, 2.45) is 0 Å². The first-order valence-electron chi connectivity index (χ1n) is 14.4. The van der Waals surface area contributed by atoms with Crippen LogP contribution in [0.15, 0.2) is 82.6 Å². The van der Waals surface area contributed by atoms with E-state index in [0.717, 1.165) is 6.07 Å². The Morgan fingerprint density at radius 2 is 1.47 bits per heavy atom. The van der Waals surface area contributed by atoms with Crippen LogP contribution in [0.4, 0.5) is 4.79 Å². The Kier molecular flexibility index (Phi) is 10.2. The molecule has 12 nitrogen and oxygen atoms in total. The van der Waals surface area contributed by atoms with Crippen LogP contribution < -0.4 is 5.32 Å². The SMILES string of the molecule is CC(C)(C)OC(=O)CC[C@H](NC(=O)c1cc(S(=O)(=O)c2ccccc2)cc(-c2ccccc2)n1)C(=O)N1CCN(C(=O)O)CC1. The van der Waals surface area contributed by atoms with Gasteiger partial charge in [0.15, 0.2) is 0 Å².